The number of benzene rings is 1. The van der Waals surface area contributed by atoms with Crippen LogP contribution >= 0.6 is 0 Å². The van der Waals surface area contributed by atoms with E-state index in [-0.39, 0.29) is 11.8 Å². The van der Waals surface area contributed by atoms with E-state index in [1.165, 1.54) is 6.33 Å². The summed E-state index contributed by atoms with van der Waals surface area (Å²) in [6.07, 6.45) is 2.13. The van der Waals surface area contributed by atoms with Gasteiger partial charge in [0.05, 0.1) is 23.4 Å². The fourth-order valence-corrected chi connectivity index (χ4v) is 6.70. The van der Waals surface area contributed by atoms with Crippen LogP contribution in [0.4, 0.5) is 24.7 Å². The Bertz CT molecular complexity index is 1240. The average Bonchev–Trinajstić information content (AvgIpc) is 3.49. The number of nitrogens with zero attached hydrogens (tertiary/aromatic N) is 4. The van der Waals surface area contributed by atoms with E-state index in [0.29, 0.717) is 38.0 Å². The molecule has 2 N–H and O–H groups in total. The lowest BCUT2D eigenvalue weighted by atomic mass is 9.58. The Hall–Kier alpha value is -3.17. The van der Waals surface area contributed by atoms with Crippen molar-refractivity contribution in [1.29, 1.82) is 0 Å². The zero-order chi connectivity index (χ0) is 24.2. The predicted molar refractivity (Wildman–Crippen MR) is 124 cm³/mol. The molecule has 3 aliphatic carbocycles. The van der Waals surface area contributed by atoms with Gasteiger partial charge in [0.25, 0.3) is 0 Å². The third-order valence-corrected chi connectivity index (χ3v) is 8.24. The van der Waals surface area contributed by atoms with E-state index in [0.717, 1.165) is 35.3 Å². The van der Waals surface area contributed by atoms with Crippen LogP contribution in [-0.4, -0.2) is 45.3 Å². The van der Waals surface area contributed by atoms with Crippen LogP contribution < -0.4 is 10.2 Å². The Morgan fingerprint density at radius 3 is 2.69 bits per heavy atom. The van der Waals surface area contributed by atoms with Crippen molar-refractivity contribution >= 4 is 28.4 Å². The van der Waals surface area contributed by atoms with Crippen molar-refractivity contribution in [3.63, 3.8) is 0 Å². The van der Waals surface area contributed by atoms with Crippen molar-refractivity contribution in [2.24, 2.45) is 23.7 Å². The topological polar surface area (TPSA) is 86.8 Å². The summed E-state index contributed by atoms with van der Waals surface area (Å²) in [5, 5.41) is 10.6. The molecule has 7 nitrogen and oxygen atoms in total. The third-order valence-electron chi connectivity index (χ3n) is 8.24. The van der Waals surface area contributed by atoms with Gasteiger partial charge in [0.15, 0.2) is 5.65 Å². The van der Waals surface area contributed by atoms with Crippen LogP contribution in [0, 0.1) is 23.7 Å². The highest BCUT2D eigenvalue weighted by Gasteiger charge is 2.57. The van der Waals surface area contributed by atoms with Gasteiger partial charge in [0, 0.05) is 24.7 Å². The lowest BCUT2D eigenvalue weighted by Gasteiger charge is -2.48. The Kier molecular flexibility index (Phi) is 5.41. The summed E-state index contributed by atoms with van der Waals surface area (Å²) in [5.74, 6) is -2.60. The number of carbonyl (C=O) groups is 1. The molecular formula is C25H27F3N6O. The van der Waals surface area contributed by atoms with Gasteiger partial charge in [-0.2, -0.15) is 18.3 Å². The maximum Gasteiger partial charge on any atom is 0.392 e. The first-order valence-corrected chi connectivity index (χ1v) is 12.3. The molecule has 0 radical (unpaired) electrons. The molecule has 1 aliphatic heterocycles. The van der Waals surface area contributed by atoms with Crippen LogP contribution in [0.5, 0.6) is 0 Å². The molecule has 3 fully saturated rings. The minimum absolute atomic E-state index is 0.115. The molecule has 4 aliphatic rings. The maximum atomic E-state index is 13.8. The second kappa shape index (κ2) is 8.49. The molecular weight excluding hydrogens is 457 g/mol. The van der Waals surface area contributed by atoms with E-state index >= 15 is 0 Å². The second-order valence-electron chi connectivity index (χ2n) is 10.0. The summed E-state index contributed by atoms with van der Waals surface area (Å²) in [4.78, 5) is 23.9. The van der Waals surface area contributed by atoms with E-state index in [1.54, 1.807) is 6.20 Å². The van der Waals surface area contributed by atoms with Gasteiger partial charge in [0.2, 0.25) is 5.91 Å². The molecule has 10 heteroatoms. The molecule has 3 aromatic rings. The van der Waals surface area contributed by atoms with Crippen LogP contribution in [0.2, 0.25) is 0 Å². The van der Waals surface area contributed by atoms with Crippen LogP contribution in [0.25, 0.3) is 11.0 Å². The van der Waals surface area contributed by atoms with E-state index in [9.17, 15) is 18.0 Å². The number of halogens is 3. The Labute approximate surface area is 200 Å². The molecule has 0 spiro atoms. The van der Waals surface area contributed by atoms with Crippen molar-refractivity contribution in [2.75, 3.05) is 18.0 Å². The Balaban J connectivity index is 1.17. The summed E-state index contributed by atoms with van der Waals surface area (Å²) in [6, 6.07) is 8.05. The van der Waals surface area contributed by atoms with E-state index in [1.807, 2.05) is 18.2 Å². The van der Waals surface area contributed by atoms with Crippen LogP contribution in [0.15, 0.2) is 36.8 Å². The van der Waals surface area contributed by atoms with Crippen molar-refractivity contribution in [3.8, 4) is 0 Å². The van der Waals surface area contributed by atoms with Gasteiger partial charge in [-0.15, -0.1) is 0 Å². The fourth-order valence-electron chi connectivity index (χ4n) is 6.70. The number of amides is 1. The number of alkyl halides is 3. The minimum Gasteiger partial charge on any atom is -0.356 e. The molecule has 35 heavy (non-hydrogen) atoms. The third kappa shape index (κ3) is 3.83. The first-order chi connectivity index (χ1) is 16.9. The number of rotatable bonds is 5. The fraction of sp³-hybridized carbons (Fsp3) is 0.520. The molecule has 7 rings (SSSR count). The maximum absolute atomic E-state index is 13.8. The number of aromatic nitrogens is 4. The van der Waals surface area contributed by atoms with Gasteiger partial charge in [-0.1, -0.05) is 18.2 Å². The van der Waals surface area contributed by atoms with Crippen molar-refractivity contribution in [1.82, 2.24) is 25.5 Å². The van der Waals surface area contributed by atoms with Crippen molar-refractivity contribution in [3.05, 3.63) is 42.4 Å². The standard InChI is InChI=1S/C25H27F3N6O/c26-25(27,28)21-15-7-5-14(6-8-15)20(21)24(35)29-10-9-16-12-34(19-4-2-1-3-17(16)19)23-18-11-32-33-22(18)30-13-31-23/h1-4,11,13-16,20-21H,5-10,12H2,(H,29,35)(H,30,31,32,33)/t14?,15?,16?,20-,21-/m0/s1. The van der Waals surface area contributed by atoms with Crippen molar-refractivity contribution < 1.29 is 18.0 Å². The van der Waals surface area contributed by atoms with Gasteiger partial charge >= 0.3 is 6.18 Å². The number of fused-ring (bicyclic) bond motifs is 5. The van der Waals surface area contributed by atoms with Gasteiger partial charge in [-0.05, 0) is 55.6 Å². The monoisotopic (exact) mass is 484 g/mol. The van der Waals surface area contributed by atoms with Gasteiger partial charge < -0.3 is 10.2 Å². The first-order valence-electron chi connectivity index (χ1n) is 12.3. The number of H-pyrrole nitrogens is 1. The summed E-state index contributed by atoms with van der Waals surface area (Å²) in [7, 11) is 0. The highest BCUT2D eigenvalue weighted by molar-refractivity contribution is 5.90. The van der Waals surface area contributed by atoms with Gasteiger partial charge in [-0.25, -0.2) is 9.97 Å². The Morgan fingerprint density at radius 1 is 1.11 bits per heavy atom. The number of carbonyl (C=O) groups excluding carboxylic acids is 1. The summed E-state index contributed by atoms with van der Waals surface area (Å²) in [6.45, 7) is 1.00. The number of anilines is 2. The molecule has 3 atom stereocenters. The van der Waals surface area contributed by atoms with Gasteiger partial charge in [0.1, 0.15) is 12.1 Å². The lowest BCUT2D eigenvalue weighted by Crippen LogP contribution is -2.53. The molecule has 2 bridgehead atoms. The largest absolute Gasteiger partial charge is 0.392 e. The average molecular weight is 485 g/mol. The highest BCUT2D eigenvalue weighted by atomic mass is 19.4. The summed E-state index contributed by atoms with van der Waals surface area (Å²) in [5.41, 5.74) is 2.83. The number of hydrogen-bond acceptors (Lipinski definition) is 5. The number of para-hydroxylation sites is 1. The lowest BCUT2D eigenvalue weighted by molar-refractivity contribution is -0.229. The number of nitrogens with one attached hydrogen (secondary N) is 2. The van der Waals surface area contributed by atoms with Crippen LogP contribution in [-0.2, 0) is 4.79 Å². The quantitative estimate of drug-likeness (QED) is 0.548. The zero-order valence-corrected chi connectivity index (χ0v) is 19.1. The molecule has 1 aromatic carbocycles. The minimum atomic E-state index is -4.33. The molecule has 1 unspecified atom stereocenters. The van der Waals surface area contributed by atoms with Gasteiger partial charge in [-0.3, -0.25) is 9.89 Å². The molecule has 2 aromatic heterocycles. The molecule has 0 saturated heterocycles. The normalized spacial score (nSPS) is 27.9. The van der Waals surface area contributed by atoms with E-state index < -0.39 is 29.8 Å². The number of aromatic amines is 1. The Morgan fingerprint density at radius 2 is 1.89 bits per heavy atom. The summed E-state index contributed by atoms with van der Waals surface area (Å²) < 4.78 is 41.5. The predicted octanol–water partition coefficient (Wildman–Crippen LogP) is 4.71. The molecule has 1 amide bonds. The SMILES string of the molecule is O=C(NCCC1CN(c2ncnc3[nH]ncc23)c2ccccc21)[C@H]1C2CCC(CC2)[C@@H]1C(F)(F)F. The van der Waals surface area contributed by atoms with E-state index in [2.05, 4.69) is 36.4 Å². The first kappa shape index (κ1) is 22.3. The molecule has 3 heterocycles. The second-order valence-corrected chi connectivity index (χ2v) is 10.0. The zero-order valence-electron chi connectivity index (χ0n) is 19.1. The smallest absolute Gasteiger partial charge is 0.356 e. The molecule has 184 valence electrons. The number of hydrogen-bond donors (Lipinski definition) is 2. The van der Waals surface area contributed by atoms with Crippen LogP contribution in [0.3, 0.4) is 0 Å². The van der Waals surface area contributed by atoms with Crippen LogP contribution in [0.1, 0.15) is 43.6 Å². The van der Waals surface area contributed by atoms with Crippen molar-refractivity contribution in [2.45, 2.75) is 44.2 Å². The van der Waals surface area contributed by atoms with E-state index in [4.69, 9.17) is 0 Å². The summed E-state index contributed by atoms with van der Waals surface area (Å²) >= 11 is 0. The molecule has 3 saturated carbocycles. The highest BCUT2D eigenvalue weighted by Crippen LogP contribution is 2.54.